The molecule has 15 heavy (non-hydrogen) atoms. The van der Waals surface area contributed by atoms with Gasteiger partial charge in [0.25, 0.3) is 0 Å². The van der Waals surface area contributed by atoms with Crippen LogP contribution in [0.4, 0.5) is 13.2 Å². The Labute approximate surface area is 85.5 Å². The Bertz CT molecular complexity index is 309. The number of alkyl halides is 3. The number of aromatic nitrogens is 2. The lowest BCUT2D eigenvalue weighted by atomic mass is 10.2. The number of halogens is 3. The summed E-state index contributed by atoms with van der Waals surface area (Å²) in [6.45, 7) is 2.40. The fraction of sp³-hybridized carbons (Fsp3) is 0.667. The summed E-state index contributed by atoms with van der Waals surface area (Å²) in [6, 6.07) is 1.41. The van der Waals surface area contributed by atoms with E-state index in [0.29, 0.717) is 6.54 Å². The zero-order valence-electron chi connectivity index (χ0n) is 8.33. The van der Waals surface area contributed by atoms with Gasteiger partial charge in [-0.05, 0) is 12.5 Å². The summed E-state index contributed by atoms with van der Waals surface area (Å²) in [7, 11) is 0. The number of nitrogens with zero attached hydrogens (tertiary/aromatic N) is 2. The summed E-state index contributed by atoms with van der Waals surface area (Å²) in [4.78, 5) is 0. The molecule has 0 fully saturated rings. The van der Waals surface area contributed by atoms with E-state index in [4.69, 9.17) is 0 Å². The second-order valence-corrected chi connectivity index (χ2v) is 3.31. The lowest BCUT2D eigenvalue weighted by molar-refractivity contribution is -0.155. The van der Waals surface area contributed by atoms with Crippen molar-refractivity contribution in [3.8, 4) is 0 Å². The number of hydrogen-bond acceptors (Lipinski definition) is 2. The Morgan fingerprint density at radius 2 is 2.20 bits per heavy atom. The Morgan fingerprint density at radius 1 is 1.53 bits per heavy atom. The zero-order valence-corrected chi connectivity index (χ0v) is 8.33. The maximum atomic E-state index is 12.0. The number of rotatable bonds is 4. The van der Waals surface area contributed by atoms with E-state index < -0.39 is 18.7 Å². The van der Waals surface area contributed by atoms with Crippen LogP contribution in [0.15, 0.2) is 12.3 Å². The van der Waals surface area contributed by atoms with Gasteiger partial charge in [-0.3, -0.25) is 4.68 Å². The first-order valence-electron chi connectivity index (χ1n) is 4.70. The van der Waals surface area contributed by atoms with Crippen LogP contribution in [-0.2, 0) is 6.54 Å². The van der Waals surface area contributed by atoms with E-state index in [0.717, 1.165) is 6.42 Å². The van der Waals surface area contributed by atoms with Crippen LogP contribution in [0.25, 0.3) is 0 Å². The first-order valence-corrected chi connectivity index (χ1v) is 4.70. The third-order valence-corrected chi connectivity index (χ3v) is 1.95. The van der Waals surface area contributed by atoms with Crippen LogP contribution in [0.1, 0.15) is 31.6 Å². The Hall–Kier alpha value is -1.04. The number of aliphatic hydroxyl groups excluding tert-OH is 1. The predicted molar refractivity (Wildman–Crippen MR) is 48.1 cm³/mol. The van der Waals surface area contributed by atoms with E-state index in [2.05, 4.69) is 5.10 Å². The highest BCUT2D eigenvalue weighted by molar-refractivity contribution is 5.04. The van der Waals surface area contributed by atoms with Crippen LogP contribution in [0.3, 0.4) is 0 Å². The molecular formula is C9H13F3N2O. The van der Waals surface area contributed by atoms with E-state index in [1.54, 1.807) is 0 Å². The SMILES string of the molecule is CCCn1nccc1C(O)CC(F)(F)F. The molecule has 1 aromatic rings. The molecular weight excluding hydrogens is 209 g/mol. The van der Waals surface area contributed by atoms with Crippen molar-refractivity contribution < 1.29 is 18.3 Å². The molecule has 0 aliphatic rings. The molecule has 1 heterocycles. The lowest BCUT2D eigenvalue weighted by Gasteiger charge is -2.14. The van der Waals surface area contributed by atoms with Gasteiger partial charge in [0.05, 0.1) is 12.1 Å². The molecule has 0 radical (unpaired) electrons. The van der Waals surface area contributed by atoms with Gasteiger partial charge in [-0.25, -0.2) is 0 Å². The van der Waals surface area contributed by atoms with Crippen molar-refractivity contribution in [3.63, 3.8) is 0 Å². The first kappa shape index (κ1) is 12.0. The molecule has 1 N–H and O–H groups in total. The molecule has 0 aromatic carbocycles. The highest BCUT2D eigenvalue weighted by atomic mass is 19.4. The lowest BCUT2D eigenvalue weighted by Crippen LogP contribution is -2.17. The Balaban J connectivity index is 2.72. The third-order valence-electron chi connectivity index (χ3n) is 1.95. The molecule has 1 aromatic heterocycles. The highest BCUT2D eigenvalue weighted by Gasteiger charge is 2.32. The van der Waals surface area contributed by atoms with Gasteiger partial charge in [-0.1, -0.05) is 6.92 Å². The Kier molecular flexibility index (Phi) is 3.73. The summed E-state index contributed by atoms with van der Waals surface area (Å²) in [5, 5.41) is 13.2. The first-order chi connectivity index (χ1) is 6.94. The topological polar surface area (TPSA) is 38.0 Å². The molecule has 86 valence electrons. The van der Waals surface area contributed by atoms with Gasteiger partial charge >= 0.3 is 6.18 Å². The van der Waals surface area contributed by atoms with Crippen molar-refractivity contribution in [2.24, 2.45) is 0 Å². The van der Waals surface area contributed by atoms with Gasteiger partial charge in [-0.15, -0.1) is 0 Å². The van der Waals surface area contributed by atoms with E-state index in [1.807, 2.05) is 6.92 Å². The van der Waals surface area contributed by atoms with Crippen molar-refractivity contribution in [1.82, 2.24) is 9.78 Å². The second kappa shape index (κ2) is 4.65. The summed E-state index contributed by atoms with van der Waals surface area (Å²) in [6.07, 6.45) is -4.97. The molecule has 1 atom stereocenters. The molecule has 0 bridgehead atoms. The number of hydrogen-bond donors (Lipinski definition) is 1. The van der Waals surface area contributed by atoms with Crippen molar-refractivity contribution in [1.29, 1.82) is 0 Å². The van der Waals surface area contributed by atoms with Gasteiger partial charge in [0.1, 0.15) is 6.10 Å². The molecule has 3 nitrogen and oxygen atoms in total. The molecule has 0 amide bonds. The van der Waals surface area contributed by atoms with Crippen molar-refractivity contribution in [3.05, 3.63) is 18.0 Å². The second-order valence-electron chi connectivity index (χ2n) is 3.31. The minimum Gasteiger partial charge on any atom is -0.386 e. The molecule has 0 spiro atoms. The summed E-state index contributed by atoms with van der Waals surface area (Å²) < 4.78 is 37.5. The summed E-state index contributed by atoms with van der Waals surface area (Å²) in [5.74, 6) is 0. The maximum Gasteiger partial charge on any atom is 0.391 e. The van der Waals surface area contributed by atoms with Gasteiger partial charge < -0.3 is 5.11 Å². The molecule has 0 aliphatic carbocycles. The van der Waals surface area contributed by atoms with Gasteiger partial charge in [0.15, 0.2) is 0 Å². The third kappa shape index (κ3) is 3.54. The van der Waals surface area contributed by atoms with Gasteiger partial charge in [-0.2, -0.15) is 18.3 Å². The average molecular weight is 222 g/mol. The Morgan fingerprint density at radius 3 is 2.73 bits per heavy atom. The molecule has 1 rings (SSSR count). The van der Waals surface area contributed by atoms with Crippen LogP contribution in [-0.4, -0.2) is 21.1 Å². The van der Waals surface area contributed by atoms with Crippen LogP contribution in [0.5, 0.6) is 0 Å². The van der Waals surface area contributed by atoms with Crippen LogP contribution >= 0.6 is 0 Å². The molecule has 0 aliphatic heterocycles. The fourth-order valence-electron chi connectivity index (χ4n) is 1.35. The normalized spacial score (nSPS) is 14.2. The van der Waals surface area contributed by atoms with E-state index >= 15 is 0 Å². The monoisotopic (exact) mass is 222 g/mol. The van der Waals surface area contributed by atoms with Crippen LogP contribution in [0.2, 0.25) is 0 Å². The smallest absolute Gasteiger partial charge is 0.386 e. The molecule has 0 saturated heterocycles. The molecule has 6 heteroatoms. The number of aryl methyl sites for hydroxylation is 1. The summed E-state index contributed by atoms with van der Waals surface area (Å²) in [5.41, 5.74) is 0.217. The van der Waals surface area contributed by atoms with Crippen LogP contribution in [0, 0.1) is 0 Å². The zero-order chi connectivity index (χ0) is 11.5. The van der Waals surface area contributed by atoms with Crippen LogP contribution < -0.4 is 0 Å². The predicted octanol–water partition coefficient (Wildman–Crippen LogP) is 2.28. The fourth-order valence-corrected chi connectivity index (χ4v) is 1.35. The maximum absolute atomic E-state index is 12.0. The average Bonchev–Trinajstić information content (AvgIpc) is 2.49. The molecule has 1 unspecified atom stereocenters. The quantitative estimate of drug-likeness (QED) is 0.848. The van der Waals surface area contributed by atoms with Gasteiger partial charge in [0.2, 0.25) is 0 Å². The van der Waals surface area contributed by atoms with Crippen molar-refractivity contribution in [2.75, 3.05) is 0 Å². The standard InChI is InChI=1S/C9H13F3N2O/c1-2-5-14-7(3-4-13-14)8(15)6-9(10,11)12/h3-4,8,15H,2,5-6H2,1H3. The minimum absolute atomic E-state index is 0.217. The van der Waals surface area contributed by atoms with Crippen molar-refractivity contribution in [2.45, 2.75) is 38.6 Å². The van der Waals surface area contributed by atoms with Gasteiger partial charge in [0, 0.05) is 12.7 Å². The van der Waals surface area contributed by atoms with E-state index in [-0.39, 0.29) is 5.69 Å². The van der Waals surface area contributed by atoms with E-state index in [1.165, 1.54) is 16.9 Å². The van der Waals surface area contributed by atoms with Crippen molar-refractivity contribution >= 4 is 0 Å². The number of aliphatic hydroxyl groups is 1. The summed E-state index contributed by atoms with van der Waals surface area (Å²) >= 11 is 0. The minimum atomic E-state index is -4.36. The van der Waals surface area contributed by atoms with E-state index in [9.17, 15) is 18.3 Å². The molecule has 0 saturated carbocycles. The highest BCUT2D eigenvalue weighted by Crippen LogP contribution is 2.29. The largest absolute Gasteiger partial charge is 0.391 e.